The standard InChI is InChI=1S/C13H27NO3S/c1-6-14-13(3,12(15)17-5)10-11(2)18-9-7-8-16-4/h11,14H,6-10H2,1-5H3. The molecule has 0 saturated carbocycles. The fourth-order valence-electron chi connectivity index (χ4n) is 1.96. The molecule has 0 aromatic heterocycles. The highest BCUT2D eigenvalue weighted by Crippen LogP contribution is 2.23. The number of carbonyl (C=O) groups is 1. The Morgan fingerprint density at radius 2 is 2.11 bits per heavy atom. The lowest BCUT2D eigenvalue weighted by molar-refractivity contribution is -0.148. The Kier molecular flexibility index (Phi) is 9.50. The SMILES string of the molecule is CCNC(C)(CC(C)SCCCOC)C(=O)OC. The van der Waals surface area contributed by atoms with Gasteiger partial charge in [-0.1, -0.05) is 13.8 Å². The molecular formula is C13H27NO3S. The van der Waals surface area contributed by atoms with E-state index in [1.54, 1.807) is 7.11 Å². The number of nitrogens with one attached hydrogen (secondary N) is 1. The van der Waals surface area contributed by atoms with Crippen LogP contribution in [0.4, 0.5) is 0 Å². The van der Waals surface area contributed by atoms with Crippen molar-refractivity contribution >= 4 is 17.7 Å². The molecule has 0 bridgehead atoms. The second kappa shape index (κ2) is 9.64. The molecule has 5 heteroatoms. The summed E-state index contributed by atoms with van der Waals surface area (Å²) in [6.07, 6.45) is 1.81. The molecule has 0 aromatic rings. The molecule has 108 valence electrons. The summed E-state index contributed by atoms with van der Waals surface area (Å²) < 4.78 is 9.90. The third-order valence-electron chi connectivity index (χ3n) is 2.79. The molecule has 1 N–H and O–H groups in total. The highest BCUT2D eigenvalue weighted by Gasteiger charge is 2.34. The summed E-state index contributed by atoms with van der Waals surface area (Å²) in [5, 5.41) is 3.64. The average molecular weight is 277 g/mol. The van der Waals surface area contributed by atoms with Gasteiger partial charge in [0, 0.05) is 19.0 Å². The van der Waals surface area contributed by atoms with Gasteiger partial charge in [0.25, 0.3) is 0 Å². The van der Waals surface area contributed by atoms with Crippen LogP contribution in [0.3, 0.4) is 0 Å². The van der Waals surface area contributed by atoms with Gasteiger partial charge in [-0.15, -0.1) is 0 Å². The third kappa shape index (κ3) is 6.61. The van der Waals surface area contributed by atoms with Crippen LogP contribution in [-0.2, 0) is 14.3 Å². The van der Waals surface area contributed by atoms with Crippen LogP contribution in [0.5, 0.6) is 0 Å². The number of methoxy groups -OCH3 is 2. The fraction of sp³-hybridized carbons (Fsp3) is 0.923. The molecule has 0 fully saturated rings. The predicted octanol–water partition coefficient (Wildman–Crippen LogP) is 2.08. The Morgan fingerprint density at radius 3 is 2.61 bits per heavy atom. The Morgan fingerprint density at radius 1 is 1.44 bits per heavy atom. The van der Waals surface area contributed by atoms with Crippen molar-refractivity contribution in [1.82, 2.24) is 5.32 Å². The smallest absolute Gasteiger partial charge is 0.325 e. The summed E-state index contributed by atoms with van der Waals surface area (Å²) in [4.78, 5) is 11.8. The van der Waals surface area contributed by atoms with Crippen molar-refractivity contribution in [2.75, 3.05) is 33.1 Å². The lowest BCUT2D eigenvalue weighted by Crippen LogP contribution is -2.51. The number of hydrogen-bond acceptors (Lipinski definition) is 5. The predicted molar refractivity (Wildman–Crippen MR) is 77.1 cm³/mol. The number of hydrogen-bond donors (Lipinski definition) is 1. The van der Waals surface area contributed by atoms with E-state index in [1.165, 1.54) is 7.11 Å². The molecule has 0 aromatic carbocycles. The quantitative estimate of drug-likeness (QED) is 0.489. The van der Waals surface area contributed by atoms with Crippen molar-refractivity contribution in [2.24, 2.45) is 0 Å². The van der Waals surface area contributed by atoms with Gasteiger partial charge in [-0.05, 0) is 32.1 Å². The molecule has 18 heavy (non-hydrogen) atoms. The maximum atomic E-state index is 11.8. The first-order valence-electron chi connectivity index (χ1n) is 6.44. The molecule has 0 aliphatic carbocycles. The lowest BCUT2D eigenvalue weighted by Gasteiger charge is -2.30. The summed E-state index contributed by atoms with van der Waals surface area (Å²) in [5.41, 5.74) is -0.586. The van der Waals surface area contributed by atoms with E-state index in [1.807, 2.05) is 25.6 Å². The van der Waals surface area contributed by atoms with Crippen LogP contribution in [0.25, 0.3) is 0 Å². The van der Waals surface area contributed by atoms with Crippen LogP contribution >= 0.6 is 11.8 Å². The monoisotopic (exact) mass is 277 g/mol. The zero-order chi connectivity index (χ0) is 14.0. The van der Waals surface area contributed by atoms with E-state index in [0.29, 0.717) is 5.25 Å². The van der Waals surface area contributed by atoms with Gasteiger partial charge in [0.05, 0.1) is 7.11 Å². The largest absolute Gasteiger partial charge is 0.468 e. The van der Waals surface area contributed by atoms with Gasteiger partial charge in [0.2, 0.25) is 0 Å². The van der Waals surface area contributed by atoms with E-state index >= 15 is 0 Å². The second-order valence-electron chi connectivity index (χ2n) is 4.59. The normalized spacial score (nSPS) is 16.1. The van der Waals surface area contributed by atoms with Crippen LogP contribution < -0.4 is 5.32 Å². The zero-order valence-corrected chi connectivity index (χ0v) is 13.1. The topological polar surface area (TPSA) is 47.6 Å². The van der Waals surface area contributed by atoms with Gasteiger partial charge in [0.1, 0.15) is 5.54 Å². The molecule has 0 heterocycles. The van der Waals surface area contributed by atoms with Crippen LogP contribution in [0.2, 0.25) is 0 Å². The number of carbonyl (C=O) groups excluding carboxylic acids is 1. The van der Waals surface area contributed by atoms with E-state index in [9.17, 15) is 4.79 Å². The molecular weight excluding hydrogens is 250 g/mol. The average Bonchev–Trinajstić information content (AvgIpc) is 2.33. The minimum absolute atomic E-state index is 0.186. The van der Waals surface area contributed by atoms with Gasteiger partial charge >= 0.3 is 5.97 Å². The minimum Gasteiger partial charge on any atom is -0.468 e. The Labute approximate surface area is 115 Å². The molecule has 4 nitrogen and oxygen atoms in total. The van der Waals surface area contributed by atoms with Crippen molar-refractivity contribution in [3.05, 3.63) is 0 Å². The fourth-order valence-corrected chi connectivity index (χ4v) is 3.10. The van der Waals surface area contributed by atoms with E-state index in [2.05, 4.69) is 12.2 Å². The Bertz CT molecular complexity index is 238. The van der Waals surface area contributed by atoms with Crippen LogP contribution in [0.1, 0.15) is 33.6 Å². The molecule has 0 aliphatic rings. The molecule has 2 atom stereocenters. The van der Waals surface area contributed by atoms with E-state index in [-0.39, 0.29) is 5.97 Å². The third-order valence-corrected chi connectivity index (χ3v) is 4.05. The van der Waals surface area contributed by atoms with Gasteiger partial charge < -0.3 is 14.8 Å². The van der Waals surface area contributed by atoms with Gasteiger partial charge in [0.15, 0.2) is 0 Å². The summed E-state index contributed by atoms with van der Waals surface area (Å²) in [5.74, 6) is 0.868. The van der Waals surface area contributed by atoms with Crippen LogP contribution in [-0.4, -0.2) is 49.9 Å². The van der Waals surface area contributed by atoms with Crippen molar-refractivity contribution < 1.29 is 14.3 Å². The molecule has 0 radical (unpaired) electrons. The van der Waals surface area contributed by atoms with E-state index in [0.717, 1.165) is 31.7 Å². The van der Waals surface area contributed by atoms with Crippen molar-refractivity contribution in [3.63, 3.8) is 0 Å². The molecule has 0 rings (SSSR count). The summed E-state index contributed by atoms with van der Waals surface area (Å²) in [7, 11) is 3.15. The summed E-state index contributed by atoms with van der Waals surface area (Å²) in [6, 6.07) is 0. The summed E-state index contributed by atoms with van der Waals surface area (Å²) >= 11 is 1.87. The lowest BCUT2D eigenvalue weighted by atomic mass is 9.96. The van der Waals surface area contributed by atoms with E-state index in [4.69, 9.17) is 9.47 Å². The Hall–Kier alpha value is -0.260. The first-order chi connectivity index (χ1) is 8.50. The van der Waals surface area contributed by atoms with E-state index < -0.39 is 5.54 Å². The molecule has 2 unspecified atom stereocenters. The maximum Gasteiger partial charge on any atom is 0.325 e. The molecule has 0 amide bonds. The maximum absolute atomic E-state index is 11.8. The van der Waals surface area contributed by atoms with Gasteiger partial charge in [-0.3, -0.25) is 4.79 Å². The second-order valence-corrected chi connectivity index (χ2v) is 6.13. The van der Waals surface area contributed by atoms with Gasteiger partial charge in [-0.25, -0.2) is 0 Å². The molecule has 0 saturated heterocycles. The van der Waals surface area contributed by atoms with Crippen LogP contribution in [0.15, 0.2) is 0 Å². The number of thioether (sulfide) groups is 1. The first-order valence-corrected chi connectivity index (χ1v) is 7.49. The zero-order valence-electron chi connectivity index (χ0n) is 12.2. The Balaban J connectivity index is 4.18. The van der Waals surface area contributed by atoms with Crippen molar-refractivity contribution in [3.8, 4) is 0 Å². The highest BCUT2D eigenvalue weighted by molar-refractivity contribution is 7.99. The van der Waals surface area contributed by atoms with Crippen molar-refractivity contribution in [1.29, 1.82) is 0 Å². The van der Waals surface area contributed by atoms with Gasteiger partial charge in [-0.2, -0.15) is 11.8 Å². The first kappa shape index (κ1) is 17.7. The van der Waals surface area contributed by atoms with Crippen molar-refractivity contribution in [2.45, 2.75) is 44.4 Å². The van der Waals surface area contributed by atoms with Crippen LogP contribution in [0, 0.1) is 0 Å². The number of ether oxygens (including phenoxy) is 2. The number of rotatable bonds is 10. The molecule has 0 aliphatic heterocycles. The highest BCUT2D eigenvalue weighted by atomic mass is 32.2. The summed E-state index contributed by atoms with van der Waals surface area (Å²) in [6.45, 7) is 7.61. The number of likely N-dealkylation sites (N-methyl/N-ethyl adjacent to an activating group) is 1. The number of esters is 1. The minimum atomic E-state index is -0.586. The molecule has 0 spiro atoms.